The first-order chi connectivity index (χ1) is 14.2. The third-order valence-electron chi connectivity index (χ3n) is 5.97. The fourth-order valence-corrected chi connectivity index (χ4v) is 4.60. The number of imidazole rings is 1. The number of aromatic nitrogens is 3. The summed E-state index contributed by atoms with van der Waals surface area (Å²) in [5.74, 6) is 0.421. The molecule has 6 nitrogen and oxygen atoms in total. The molecule has 150 valence electrons. The van der Waals surface area contributed by atoms with Crippen LogP contribution in [0.15, 0.2) is 51.8 Å². The van der Waals surface area contributed by atoms with Crippen molar-refractivity contribution in [2.75, 3.05) is 19.6 Å². The first-order valence-corrected chi connectivity index (χ1v) is 10.5. The van der Waals surface area contributed by atoms with Crippen molar-refractivity contribution in [1.82, 2.24) is 19.6 Å². The van der Waals surface area contributed by atoms with E-state index in [4.69, 9.17) is 16.1 Å². The molecule has 1 aliphatic heterocycles. The van der Waals surface area contributed by atoms with Crippen LogP contribution in [0.25, 0.3) is 22.0 Å². The van der Waals surface area contributed by atoms with Crippen molar-refractivity contribution in [2.24, 2.45) is 0 Å². The number of fused-ring (bicyclic) bond motifs is 2. The molecule has 1 saturated heterocycles. The summed E-state index contributed by atoms with van der Waals surface area (Å²) >= 11 is 6.04. The zero-order valence-electron chi connectivity index (χ0n) is 16.1. The third kappa shape index (κ3) is 3.58. The third-order valence-corrected chi connectivity index (χ3v) is 6.21. The van der Waals surface area contributed by atoms with Crippen molar-refractivity contribution in [1.29, 1.82) is 0 Å². The first-order valence-electron chi connectivity index (χ1n) is 10.1. The molecule has 0 spiro atoms. The topological polar surface area (TPSA) is 67.1 Å². The van der Waals surface area contributed by atoms with E-state index in [9.17, 15) is 4.79 Å². The molecule has 0 saturated carbocycles. The normalized spacial score (nSPS) is 16.2. The van der Waals surface area contributed by atoms with Gasteiger partial charge in [0.05, 0.1) is 16.7 Å². The van der Waals surface area contributed by atoms with Gasteiger partial charge in [-0.1, -0.05) is 28.9 Å². The van der Waals surface area contributed by atoms with Gasteiger partial charge in [-0.3, -0.25) is 4.57 Å². The summed E-state index contributed by atoms with van der Waals surface area (Å²) in [6.07, 6.45) is 3.09. The Bertz CT molecular complexity index is 1200. The molecule has 0 atom stereocenters. The highest BCUT2D eigenvalue weighted by atomic mass is 35.5. The molecule has 1 aliphatic rings. The quantitative estimate of drug-likeness (QED) is 0.529. The van der Waals surface area contributed by atoms with E-state index in [0.717, 1.165) is 73.1 Å². The Morgan fingerprint density at radius 3 is 2.83 bits per heavy atom. The Labute approximate surface area is 173 Å². The van der Waals surface area contributed by atoms with Gasteiger partial charge in [0.2, 0.25) is 0 Å². The maximum Gasteiger partial charge on any atom is 0.326 e. The molecule has 0 aliphatic carbocycles. The Morgan fingerprint density at radius 2 is 1.97 bits per heavy atom. The number of likely N-dealkylation sites (tertiary alicyclic amines) is 1. The molecule has 1 fully saturated rings. The molecule has 7 heteroatoms. The van der Waals surface area contributed by atoms with E-state index < -0.39 is 0 Å². The van der Waals surface area contributed by atoms with E-state index in [-0.39, 0.29) is 5.69 Å². The Kier molecular flexibility index (Phi) is 4.89. The van der Waals surface area contributed by atoms with Gasteiger partial charge in [0.25, 0.3) is 0 Å². The lowest BCUT2D eigenvalue weighted by molar-refractivity contribution is 0.204. The maximum absolute atomic E-state index is 12.2. The number of nitrogens with zero attached hydrogens (tertiary/aromatic N) is 3. The molecular weight excluding hydrogens is 388 g/mol. The van der Waals surface area contributed by atoms with Gasteiger partial charge in [0.1, 0.15) is 0 Å². The number of aryl methyl sites for hydroxylation is 1. The number of nitrogens with one attached hydrogen (secondary N) is 1. The van der Waals surface area contributed by atoms with E-state index in [1.54, 1.807) is 0 Å². The lowest BCUT2D eigenvalue weighted by atomic mass is 9.91. The molecule has 0 radical (unpaired) electrons. The van der Waals surface area contributed by atoms with Gasteiger partial charge in [-0.2, -0.15) is 0 Å². The van der Waals surface area contributed by atoms with Crippen molar-refractivity contribution in [3.8, 4) is 0 Å². The minimum atomic E-state index is -0.0251. The molecule has 5 rings (SSSR count). The zero-order chi connectivity index (χ0) is 19.8. The number of aromatic amines is 1. The summed E-state index contributed by atoms with van der Waals surface area (Å²) in [4.78, 5) is 17.6. The van der Waals surface area contributed by atoms with Crippen LogP contribution in [0.3, 0.4) is 0 Å². The second-order valence-corrected chi connectivity index (χ2v) is 8.21. The van der Waals surface area contributed by atoms with Crippen LogP contribution in [0, 0.1) is 0 Å². The highest BCUT2D eigenvalue weighted by molar-refractivity contribution is 6.31. The van der Waals surface area contributed by atoms with E-state index in [1.165, 1.54) is 0 Å². The van der Waals surface area contributed by atoms with Gasteiger partial charge in [0, 0.05) is 28.9 Å². The lowest BCUT2D eigenvalue weighted by Crippen LogP contribution is -2.34. The predicted molar refractivity (Wildman–Crippen MR) is 115 cm³/mol. The number of halogens is 1. The number of piperidine rings is 1. The van der Waals surface area contributed by atoms with Crippen molar-refractivity contribution in [2.45, 2.75) is 31.7 Å². The van der Waals surface area contributed by atoms with Gasteiger partial charge in [0.15, 0.2) is 5.58 Å². The van der Waals surface area contributed by atoms with E-state index >= 15 is 0 Å². The van der Waals surface area contributed by atoms with Crippen LogP contribution in [-0.4, -0.2) is 39.2 Å². The fraction of sp³-hybridized carbons (Fsp3) is 0.364. The summed E-state index contributed by atoms with van der Waals surface area (Å²) in [6.45, 7) is 3.80. The number of hydrogen-bond donors (Lipinski definition) is 1. The molecule has 1 N–H and O–H groups in total. The lowest BCUT2D eigenvalue weighted by Gasteiger charge is -2.31. The molecule has 4 aromatic rings. The minimum Gasteiger partial charge on any atom is -0.356 e. The van der Waals surface area contributed by atoms with Gasteiger partial charge in [-0.15, -0.1) is 0 Å². The monoisotopic (exact) mass is 410 g/mol. The van der Waals surface area contributed by atoms with E-state index in [0.29, 0.717) is 10.9 Å². The number of benzene rings is 2. The second-order valence-electron chi connectivity index (χ2n) is 7.78. The molecule has 3 heterocycles. The summed E-state index contributed by atoms with van der Waals surface area (Å²) in [6, 6.07) is 13.6. The van der Waals surface area contributed by atoms with Gasteiger partial charge < -0.3 is 14.4 Å². The number of rotatable bonds is 5. The molecule has 0 amide bonds. The van der Waals surface area contributed by atoms with Crippen LogP contribution in [0.1, 0.15) is 30.9 Å². The fourth-order valence-electron chi connectivity index (χ4n) is 4.44. The van der Waals surface area contributed by atoms with Crippen molar-refractivity contribution >= 4 is 33.6 Å². The SMILES string of the molecule is O=c1[nH]c2ccccc2n1CCCN1CCC(c2noc3cc(Cl)ccc23)CC1. The second kappa shape index (κ2) is 7.69. The van der Waals surface area contributed by atoms with Crippen LogP contribution < -0.4 is 5.69 Å². The standard InChI is InChI=1S/C22H23ClN4O2/c23-16-6-7-17-20(14-16)29-25-21(17)15-8-12-26(13-9-15)10-3-11-27-19-5-2-1-4-18(19)24-22(27)28/h1-2,4-7,14-15H,3,8-13H2,(H,24,28). The largest absolute Gasteiger partial charge is 0.356 e. The van der Waals surface area contributed by atoms with Gasteiger partial charge in [-0.05, 0) is 63.2 Å². The van der Waals surface area contributed by atoms with Crippen LogP contribution in [-0.2, 0) is 6.54 Å². The molecule has 0 bridgehead atoms. The maximum atomic E-state index is 12.2. The van der Waals surface area contributed by atoms with Crippen molar-refractivity contribution < 1.29 is 4.52 Å². The molecular formula is C22H23ClN4O2. The van der Waals surface area contributed by atoms with E-state index in [1.807, 2.05) is 47.0 Å². The molecule has 2 aromatic carbocycles. The number of para-hydroxylation sites is 2. The van der Waals surface area contributed by atoms with Crippen LogP contribution in [0.2, 0.25) is 5.02 Å². The molecule has 2 aromatic heterocycles. The Balaban J connectivity index is 1.18. The average Bonchev–Trinajstić information content (AvgIpc) is 3.29. The minimum absolute atomic E-state index is 0.0251. The summed E-state index contributed by atoms with van der Waals surface area (Å²) < 4.78 is 7.32. The highest BCUT2D eigenvalue weighted by Gasteiger charge is 2.25. The molecule has 0 unspecified atom stereocenters. The van der Waals surface area contributed by atoms with Crippen LogP contribution in [0.4, 0.5) is 0 Å². The number of hydrogen-bond acceptors (Lipinski definition) is 4. The van der Waals surface area contributed by atoms with Gasteiger partial charge in [-0.25, -0.2) is 4.79 Å². The molecule has 29 heavy (non-hydrogen) atoms. The first kappa shape index (κ1) is 18.5. The average molecular weight is 411 g/mol. The van der Waals surface area contributed by atoms with Crippen molar-refractivity contribution in [3.63, 3.8) is 0 Å². The highest BCUT2D eigenvalue weighted by Crippen LogP contribution is 2.33. The summed E-state index contributed by atoms with van der Waals surface area (Å²) in [5, 5.41) is 6.07. The van der Waals surface area contributed by atoms with E-state index in [2.05, 4.69) is 15.0 Å². The van der Waals surface area contributed by atoms with Gasteiger partial charge >= 0.3 is 5.69 Å². The van der Waals surface area contributed by atoms with Crippen LogP contribution >= 0.6 is 11.6 Å². The van der Waals surface area contributed by atoms with Crippen molar-refractivity contribution in [3.05, 3.63) is 63.7 Å². The van der Waals surface area contributed by atoms with Crippen LogP contribution in [0.5, 0.6) is 0 Å². The zero-order valence-corrected chi connectivity index (χ0v) is 16.9. The summed E-state index contributed by atoms with van der Waals surface area (Å²) in [5.41, 5.74) is 3.68. The summed E-state index contributed by atoms with van der Waals surface area (Å²) in [7, 11) is 0. The predicted octanol–water partition coefficient (Wildman–Crippen LogP) is 4.39. The smallest absolute Gasteiger partial charge is 0.326 e. The Hall–Kier alpha value is -2.57. The number of H-pyrrole nitrogens is 1. The Morgan fingerprint density at radius 1 is 1.14 bits per heavy atom.